The van der Waals surface area contributed by atoms with Gasteiger partial charge in [0.2, 0.25) is 16.0 Å². The third kappa shape index (κ3) is 3.98. The van der Waals surface area contributed by atoms with Gasteiger partial charge in [-0.25, -0.2) is 27.7 Å². The number of piperidine rings is 1. The molecule has 0 aliphatic carbocycles. The molecule has 1 saturated heterocycles. The summed E-state index contributed by atoms with van der Waals surface area (Å²) >= 11 is 0. The molecule has 1 aliphatic rings. The Kier molecular flexibility index (Phi) is 4.79. The van der Waals surface area contributed by atoms with Gasteiger partial charge in [-0.3, -0.25) is 0 Å². The Hall–Kier alpha value is -2.00. The first-order valence-electron chi connectivity index (χ1n) is 8.29. The van der Waals surface area contributed by atoms with Crippen molar-refractivity contribution in [2.24, 2.45) is 7.05 Å². The zero-order chi connectivity index (χ0) is 18.2. The lowest BCUT2D eigenvalue weighted by molar-refractivity contribution is 0.331. The van der Waals surface area contributed by atoms with E-state index in [1.807, 2.05) is 31.7 Å². The largest absolute Gasteiger partial charge is 0.351 e. The number of nitrogens with zero attached hydrogens (tertiary/aromatic N) is 5. The van der Waals surface area contributed by atoms with Crippen LogP contribution in [0.2, 0.25) is 0 Å². The zero-order valence-corrected chi connectivity index (χ0v) is 15.8. The lowest BCUT2D eigenvalue weighted by Gasteiger charge is -2.30. The standard InChI is InChI=1S/C16H24N6O2S/c1-11-9-17-16(20-15(11)14-10-21(3)12(2)18-14)19-13-5-7-22(8-6-13)25(4,23)24/h9-10,13H,5-8H2,1-4H3,(H,17,19,20). The van der Waals surface area contributed by atoms with Gasteiger partial charge in [-0.2, -0.15) is 0 Å². The van der Waals surface area contributed by atoms with Crippen molar-refractivity contribution in [3.63, 3.8) is 0 Å². The van der Waals surface area contributed by atoms with Gasteiger partial charge in [0.25, 0.3) is 0 Å². The summed E-state index contributed by atoms with van der Waals surface area (Å²) in [5.41, 5.74) is 2.61. The Morgan fingerprint density at radius 2 is 1.88 bits per heavy atom. The molecule has 2 aromatic heterocycles. The van der Waals surface area contributed by atoms with E-state index in [0.29, 0.717) is 19.0 Å². The minimum atomic E-state index is -3.11. The summed E-state index contributed by atoms with van der Waals surface area (Å²) in [6.45, 7) is 4.96. The highest BCUT2D eigenvalue weighted by atomic mass is 32.2. The molecule has 0 unspecified atom stereocenters. The third-order valence-corrected chi connectivity index (χ3v) is 5.88. The highest BCUT2D eigenvalue weighted by molar-refractivity contribution is 7.88. The smallest absolute Gasteiger partial charge is 0.223 e. The molecule has 8 nitrogen and oxygen atoms in total. The van der Waals surface area contributed by atoms with Gasteiger partial charge >= 0.3 is 0 Å². The number of sulfonamides is 1. The predicted molar refractivity (Wildman–Crippen MR) is 96.8 cm³/mol. The maximum Gasteiger partial charge on any atom is 0.223 e. The molecule has 2 aromatic rings. The topological polar surface area (TPSA) is 93.0 Å². The van der Waals surface area contributed by atoms with Crippen molar-refractivity contribution in [3.8, 4) is 11.4 Å². The second-order valence-corrected chi connectivity index (χ2v) is 8.57. The lowest BCUT2D eigenvalue weighted by Crippen LogP contribution is -2.42. The van der Waals surface area contributed by atoms with Crippen molar-refractivity contribution in [2.75, 3.05) is 24.7 Å². The Morgan fingerprint density at radius 3 is 2.44 bits per heavy atom. The van der Waals surface area contributed by atoms with Crippen LogP contribution in [0.4, 0.5) is 5.95 Å². The van der Waals surface area contributed by atoms with Gasteiger partial charge in [0.15, 0.2) is 0 Å². The normalized spacial score (nSPS) is 17.0. The van der Waals surface area contributed by atoms with Crippen LogP contribution in [-0.2, 0) is 17.1 Å². The van der Waals surface area contributed by atoms with Gasteiger partial charge in [-0.15, -0.1) is 0 Å². The number of nitrogens with one attached hydrogen (secondary N) is 1. The minimum absolute atomic E-state index is 0.166. The molecule has 1 fully saturated rings. The molecule has 136 valence electrons. The van der Waals surface area contributed by atoms with Crippen molar-refractivity contribution < 1.29 is 8.42 Å². The van der Waals surface area contributed by atoms with Crippen LogP contribution in [0.1, 0.15) is 24.2 Å². The minimum Gasteiger partial charge on any atom is -0.351 e. The van der Waals surface area contributed by atoms with Crippen LogP contribution in [0, 0.1) is 13.8 Å². The fraction of sp³-hybridized carbons (Fsp3) is 0.562. The van der Waals surface area contributed by atoms with Crippen LogP contribution in [-0.4, -0.2) is 57.6 Å². The van der Waals surface area contributed by atoms with Gasteiger partial charge < -0.3 is 9.88 Å². The molecule has 0 aromatic carbocycles. The summed E-state index contributed by atoms with van der Waals surface area (Å²) in [4.78, 5) is 13.5. The van der Waals surface area contributed by atoms with Crippen molar-refractivity contribution >= 4 is 16.0 Å². The van der Waals surface area contributed by atoms with Crippen molar-refractivity contribution in [3.05, 3.63) is 23.8 Å². The molecule has 9 heteroatoms. The monoisotopic (exact) mass is 364 g/mol. The first kappa shape index (κ1) is 17.8. The first-order valence-corrected chi connectivity index (χ1v) is 10.1. The van der Waals surface area contributed by atoms with Crippen molar-refractivity contribution in [1.29, 1.82) is 0 Å². The Balaban J connectivity index is 1.73. The Morgan fingerprint density at radius 1 is 1.20 bits per heavy atom. The van der Waals surface area contributed by atoms with E-state index in [1.165, 1.54) is 10.6 Å². The molecule has 0 radical (unpaired) electrons. The molecular weight excluding hydrogens is 340 g/mol. The number of anilines is 1. The molecule has 0 amide bonds. The number of imidazole rings is 1. The van der Waals surface area contributed by atoms with Gasteiger partial charge in [-0.05, 0) is 32.3 Å². The molecule has 0 atom stereocenters. The van der Waals surface area contributed by atoms with E-state index in [-0.39, 0.29) is 6.04 Å². The van der Waals surface area contributed by atoms with Crippen LogP contribution in [0.3, 0.4) is 0 Å². The predicted octanol–water partition coefficient (Wildman–Crippen LogP) is 1.33. The molecule has 0 bridgehead atoms. The van der Waals surface area contributed by atoms with E-state index in [4.69, 9.17) is 0 Å². The average molecular weight is 364 g/mol. The van der Waals surface area contributed by atoms with Crippen LogP contribution in [0.5, 0.6) is 0 Å². The van der Waals surface area contributed by atoms with E-state index in [9.17, 15) is 8.42 Å². The van der Waals surface area contributed by atoms with Crippen molar-refractivity contribution in [2.45, 2.75) is 32.7 Å². The summed E-state index contributed by atoms with van der Waals surface area (Å²) < 4.78 is 26.7. The first-order chi connectivity index (χ1) is 11.7. The molecule has 3 rings (SSSR count). The summed E-state index contributed by atoms with van der Waals surface area (Å²) in [5, 5.41) is 3.33. The Bertz CT molecular complexity index is 849. The maximum absolute atomic E-state index is 11.6. The van der Waals surface area contributed by atoms with Gasteiger partial charge in [0, 0.05) is 38.6 Å². The summed E-state index contributed by atoms with van der Waals surface area (Å²) in [7, 11) is -1.15. The number of aryl methyl sites for hydroxylation is 3. The van der Waals surface area contributed by atoms with Gasteiger partial charge in [-0.1, -0.05) is 0 Å². The highest BCUT2D eigenvalue weighted by Crippen LogP contribution is 2.22. The fourth-order valence-corrected chi connectivity index (χ4v) is 3.83. The molecule has 1 aliphatic heterocycles. The quantitative estimate of drug-likeness (QED) is 0.880. The van der Waals surface area contributed by atoms with E-state index in [0.717, 1.165) is 35.6 Å². The highest BCUT2D eigenvalue weighted by Gasteiger charge is 2.25. The molecule has 0 spiro atoms. The second-order valence-electron chi connectivity index (χ2n) is 6.59. The van der Waals surface area contributed by atoms with E-state index < -0.39 is 10.0 Å². The Labute approximate surface area is 148 Å². The second kappa shape index (κ2) is 6.72. The molecule has 25 heavy (non-hydrogen) atoms. The molecule has 3 heterocycles. The van der Waals surface area contributed by atoms with Gasteiger partial charge in [0.1, 0.15) is 11.5 Å². The van der Waals surface area contributed by atoms with E-state index >= 15 is 0 Å². The summed E-state index contributed by atoms with van der Waals surface area (Å²) in [6.07, 6.45) is 6.48. The van der Waals surface area contributed by atoms with Crippen LogP contribution in [0.25, 0.3) is 11.4 Å². The lowest BCUT2D eigenvalue weighted by atomic mass is 10.1. The SMILES string of the molecule is Cc1cnc(NC2CCN(S(C)(=O)=O)CC2)nc1-c1cn(C)c(C)n1. The summed E-state index contributed by atoms with van der Waals surface area (Å²) in [6, 6.07) is 0.166. The average Bonchev–Trinajstić information content (AvgIpc) is 2.88. The zero-order valence-electron chi connectivity index (χ0n) is 15.0. The van der Waals surface area contributed by atoms with E-state index in [2.05, 4.69) is 20.3 Å². The molecular formula is C16H24N6O2S. The third-order valence-electron chi connectivity index (χ3n) is 4.58. The number of aromatic nitrogens is 4. The van der Waals surface area contributed by atoms with E-state index in [1.54, 1.807) is 6.20 Å². The van der Waals surface area contributed by atoms with Crippen LogP contribution >= 0.6 is 0 Å². The van der Waals surface area contributed by atoms with Crippen LogP contribution in [0.15, 0.2) is 12.4 Å². The fourth-order valence-electron chi connectivity index (χ4n) is 2.96. The number of hydrogen-bond donors (Lipinski definition) is 1. The number of rotatable bonds is 4. The van der Waals surface area contributed by atoms with Gasteiger partial charge in [0.05, 0.1) is 11.9 Å². The van der Waals surface area contributed by atoms with Crippen molar-refractivity contribution in [1.82, 2.24) is 23.8 Å². The maximum atomic E-state index is 11.6. The molecule has 0 saturated carbocycles. The molecule has 1 N–H and O–H groups in total. The summed E-state index contributed by atoms with van der Waals surface area (Å²) in [5.74, 6) is 1.48. The van der Waals surface area contributed by atoms with Crippen LogP contribution < -0.4 is 5.32 Å². The number of hydrogen-bond acceptors (Lipinski definition) is 6.